The van der Waals surface area contributed by atoms with E-state index in [0.717, 1.165) is 23.4 Å². The van der Waals surface area contributed by atoms with Crippen LogP contribution in [-0.4, -0.2) is 12.3 Å². The standard InChI is InChI=1S/C16H14F5NO/c1-11-5-2-3-8-14(11)22-10-12-6-4-7-13(9-12)23-16(20,21)15(17,18)19/h2-9,22H,10H2,1H3. The van der Waals surface area contributed by atoms with Gasteiger partial charge in [0.25, 0.3) is 0 Å². The lowest BCUT2D eigenvalue weighted by Crippen LogP contribution is -2.41. The Hall–Kier alpha value is -2.31. The third-order valence-corrected chi connectivity index (χ3v) is 3.10. The van der Waals surface area contributed by atoms with Gasteiger partial charge in [0.05, 0.1) is 0 Å². The largest absolute Gasteiger partial charge is 0.499 e. The second kappa shape index (κ2) is 6.44. The fourth-order valence-corrected chi connectivity index (χ4v) is 1.89. The van der Waals surface area contributed by atoms with E-state index in [1.807, 2.05) is 31.2 Å². The minimum atomic E-state index is -5.76. The van der Waals surface area contributed by atoms with Crippen molar-refractivity contribution in [3.8, 4) is 5.75 Å². The van der Waals surface area contributed by atoms with Gasteiger partial charge >= 0.3 is 12.3 Å². The Morgan fingerprint density at radius 1 is 0.957 bits per heavy atom. The molecule has 0 heterocycles. The van der Waals surface area contributed by atoms with Crippen LogP contribution in [0.2, 0.25) is 0 Å². The molecule has 23 heavy (non-hydrogen) atoms. The van der Waals surface area contributed by atoms with Crippen molar-refractivity contribution >= 4 is 5.69 Å². The second-order valence-electron chi connectivity index (χ2n) is 4.93. The van der Waals surface area contributed by atoms with E-state index < -0.39 is 18.0 Å². The quantitative estimate of drug-likeness (QED) is 0.766. The van der Waals surface area contributed by atoms with Crippen molar-refractivity contribution in [2.24, 2.45) is 0 Å². The molecule has 0 atom stereocenters. The van der Waals surface area contributed by atoms with Gasteiger partial charge < -0.3 is 10.1 Å². The molecule has 0 spiro atoms. The number of para-hydroxylation sites is 1. The molecule has 7 heteroatoms. The van der Waals surface area contributed by atoms with E-state index in [1.165, 1.54) is 6.07 Å². The Morgan fingerprint density at radius 2 is 1.65 bits per heavy atom. The van der Waals surface area contributed by atoms with Crippen molar-refractivity contribution in [3.63, 3.8) is 0 Å². The minimum Gasteiger partial charge on any atom is -0.426 e. The number of hydrogen-bond acceptors (Lipinski definition) is 2. The number of alkyl halides is 5. The first-order chi connectivity index (χ1) is 10.7. The molecule has 2 rings (SSSR count). The van der Waals surface area contributed by atoms with Crippen molar-refractivity contribution in [1.82, 2.24) is 0 Å². The normalized spacial score (nSPS) is 12.1. The summed E-state index contributed by atoms with van der Waals surface area (Å²) < 4.78 is 66.0. The molecule has 2 aromatic carbocycles. The van der Waals surface area contributed by atoms with Crippen molar-refractivity contribution in [2.45, 2.75) is 25.8 Å². The van der Waals surface area contributed by atoms with Crippen molar-refractivity contribution in [1.29, 1.82) is 0 Å². The highest BCUT2D eigenvalue weighted by Crippen LogP contribution is 2.37. The van der Waals surface area contributed by atoms with Gasteiger partial charge in [-0.1, -0.05) is 30.3 Å². The molecule has 2 nitrogen and oxygen atoms in total. The number of hydrogen-bond donors (Lipinski definition) is 1. The summed E-state index contributed by atoms with van der Waals surface area (Å²) in [5.41, 5.74) is 2.35. The van der Waals surface area contributed by atoms with Crippen molar-refractivity contribution in [2.75, 3.05) is 5.32 Å². The zero-order chi connectivity index (χ0) is 17.1. The van der Waals surface area contributed by atoms with Crippen LogP contribution in [0.5, 0.6) is 5.75 Å². The van der Waals surface area contributed by atoms with Gasteiger partial charge in [0.15, 0.2) is 0 Å². The van der Waals surface area contributed by atoms with E-state index in [4.69, 9.17) is 0 Å². The monoisotopic (exact) mass is 331 g/mol. The smallest absolute Gasteiger partial charge is 0.426 e. The SMILES string of the molecule is Cc1ccccc1NCc1cccc(OC(F)(F)C(F)(F)F)c1. The lowest BCUT2D eigenvalue weighted by atomic mass is 10.1. The van der Waals surface area contributed by atoms with Crippen LogP contribution in [0.25, 0.3) is 0 Å². The predicted octanol–water partition coefficient (Wildman–Crippen LogP) is 5.14. The Labute approximate surface area is 129 Å². The van der Waals surface area contributed by atoms with Gasteiger partial charge in [0.2, 0.25) is 0 Å². The van der Waals surface area contributed by atoms with Crippen LogP contribution in [0.3, 0.4) is 0 Å². The van der Waals surface area contributed by atoms with Gasteiger partial charge in [-0.2, -0.15) is 22.0 Å². The van der Waals surface area contributed by atoms with E-state index in [1.54, 1.807) is 6.07 Å². The fourth-order valence-electron chi connectivity index (χ4n) is 1.89. The number of benzene rings is 2. The number of anilines is 1. The Balaban J connectivity index is 2.07. The molecular formula is C16H14F5NO. The molecule has 0 fully saturated rings. The molecule has 1 N–H and O–H groups in total. The van der Waals surface area contributed by atoms with E-state index in [-0.39, 0.29) is 6.54 Å². The average Bonchev–Trinajstić information content (AvgIpc) is 2.45. The molecule has 0 aliphatic heterocycles. The lowest BCUT2D eigenvalue weighted by molar-refractivity contribution is -0.360. The molecule has 0 aliphatic rings. The number of ether oxygens (including phenoxy) is 1. The molecular weight excluding hydrogens is 317 g/mol. The maximum absolute atomic E-state index is 12.9. The third-order valence-electron chi connectivity index (χ3n) is 3.10. The van der Waals surface area contributed by atoms with Crippen molar-refractivity contribution < 1.29 is 26.7 Å². The molecule has 0 radical (unpaired) electrons. The first-order valence-electron chi connectivity index (χ1n) is 6.71. The Bertz CT molecular complexity index is 670. The highest BCUT2D eigenvalue weighted by Gasteiger charge is 2.61. The van der Waals surface area contributed by atoms with E-state index >= 15 is 0 Å². The summed E-state index contributed by atoms with van der Waals surface area (Å²) in [7, 11) is 0. The first-order valence-corrected chi connectivity index (χ1v) is 6.71. The molecule has 0 saturated carbocycles. The molecule has 0 saturated heterocycles. The van der Waals surface area contributed by atoms with Gasteiger partial charge in [0.1, 0.15) is 5.75 Å². The summed E-state index contributed by atoms with van der Waals surface area (Å²) in [6.07, 6.45) is -11.0. The second-order valence-corrected chi connectivity index (χ2v) is 4.93. The molecule has 0 bridgehead atoms. The van der Waals surface area contributed by atoms with E-state index in [9.17, 15) is 22.0 Å². The number of nitrogens with one attached hydrogen (secondary N) is 1. The van der Waals surface area contributed by atoms with Gasteiger partial charge in [-0.05, 0) is 36.2 Å². The Morgan fingerprint density at radius 3 is 2.30 bits per heavy atom. The van der Waals surface area contributed by atoms with Gasteiger partial charge in [-0.3, -0.25) is 0 Å². The van der Waals surface area contributed by atoms with Crippen LogP contribution in [-0.2, 0) is 6.54 Å². The summed E-state index contributed by atoms with van der Waals surface area (Å²) >= 11 is 0. The number of halogens is 5. The Kier molecular flexibility index (Phi) is 4.77. The minimum absolute atomic E-state index is 0.264. The summed E-state index contributed by atoms with van der Waals surface area (Å²) in [4.78, 5) is 0. The van der Waals surface area contributed by atoms with Crippen LogP contribution >= 0.6 is 0 Å². The first kappa shape index (κ1) is 17.1. The van der Waals surface area contributed by atoms with Crippen LogP contribution < -0.4 is 10.1 Å². The molecule has 2 aromatic rings. The summed E-state index contributed by atoms with van der Waals surface area (Å²) in [6, 6.07) is 12.6. The van der Waals surface area contributed by atoms with Gasteiger partial charge in [0, 0.05) is 12.2 Å². The van der Waals surface area contributed by atoms with Gasteiger partial charge in [-0.15, -0.1) is 0 Å². The molecule has 0 unspecified atom stereocenters. The van der Waals surface area contributed by atoms with E-state index in [2.05, 4.69) is 10.1 Å². The zero-order valence-electron chi connectivity index (χ0n) is 12.1. The highest BCUT2D eigenvalue weighted by atomic mass is 19.4. The molecule has 0 aromatic heterocycles. The summed E-state index contributed by atoms with van der Waals surface area (Å²) in [6.45, 7) is 2.16. The van der Waals surface area contributed by atoms with E-state index in [0.29, 0.717) is 5.56 Å². The number of aryl methyl sites for hydroxylation is 1. The summed E-state index contributed by atoms with van der Waals surface area (Å²) in [5, 5.41) is 3.08. The average molecular weight is 331 g/mol. The van der Waals surface area contributed by atoms with Crippen LogP contribution in [0.1, 0.15) is 11.1 Å². The third kappa shape index (κ3) is 4.34. The van der Waals surface area contributed by atoms with Crippen LogP contribution in [0.15, 0.2) is 48.5 Å². The van der Waals surface area contributed by atoms with Crippen LogP contribution in [0, 0.1) is 6.92 Å². The van der Waals surface area contributed by atoms with Gasteiger partial charge in [-0.25, -0.2) is 0 Å². The van der Waals surface area contributed by atoms with Crippen molar-refractivity contribution in [3.05, 3.63) is 59.7 Å². The maximum Gasteiger partial charge on any atom is 0.499 e. The lowest BCUT2D eigenvalue weighted by Gasteiger charge is -2.20. The number of rotatable bonds is 5. The fraction of sp³-hybridized carbons (Fsp3) is 0.250. The predicted molar refractivity (Wildman–Crippen MR) is 76.6 cm³/mol. The molecule has 0 amide bonds. The maximum atomic E-state index is 12.9. The molecule has 124 valence electrons. The highest BCUT2D eigenvalue weighted by molar-refractivity contribution is 5.50. The summed E-state index contributed by atoms with van der Waals surface area (Å²) in [5.74, 6) is -0.545. The van der Waals surface area contributed by atoms with Crippen LogP contribution in [0.4, 0.5) is 27.6 Å². The molecule has 0 aliphatic carbocycles. The zero-order valence-corrected chi connectivity index (χ0v) is 12.1. The topological polar surface area (TPSA) is 21.3 Å².